The Bertz CT molecular complexity index is 1030. The fraction of sp³-hybridized carbons (Fsp3) is 0.381. The molecule has 0 radical (unpaired) electrons. The zero-order chi connectivity index (χ0) is 21.8. The monoisotopic (exact) mass is 449 g/mol. The van der Waals surface area contributed by atoms with E-state index in [0.29, 0.717) is 29.2 Å². The van der Waals surface area contributed by atoms with Crippen molar-refractivity contribution in [3.8, 4) is 11.6 Å². The molecule has 1 atom stereocenters. The summed E-state index contributed by atoms with van der Waals surface area (Å²) < 4.78 is 38.3. The van der Waals surface area contributed by atoms with Gasteiger partial charge < -0.3 is 14.4 Å². The highest BCUT2D eigenvalue weighted by Gasteiger charge is 2.30. The van der Waals surface area contributed by atoms with Crippen LogP contribution in [0.25, 0.3) is 5.69 Å². The van der Waals surface area contributed by atoms with Gasteiger partial charge in [0.15, 0.2) is 5.82 Å². The minimum absolute atomic E-state index is 0.0160. The first kappa shape index (κ1) is 21.5. The number of rotatable bonds is 8. The Morgan fingerprint density at radius 2 is 2.10 bits per heavy atom. The van der Waals surface area contributed by atoms with Gasteiger partial charge >= 0.3 is 0 Å². The molecule has 0 saturated carbocycles. The minimum Gasteiger partial charge on any atom is -0.481 e. The van der Waals surface area contributed by atoms with Crippen LogP contribution in [0.3, 0.4) is 0 Å². The lowest BCUT2D eigenvalue weighted by atomic mass is 9.98. The molecule has 1 fully saturated rings. The third-order valence-electron chi connectivity index (χ3n) is 5.23. The lowest BCUT2D eigenvalue weighted by Crippen LogP contribution is -2.23. The van der Waals surface area contributed by atoms with Crippen LogP contribution in [-0.4, -0.2) is 53.2 Å². The number of nitrogens with zero attached hydrogens (tertiary/aromatic N) is 5. The topological polar surface area (TPSA) is 65.3 Å². The average Bonchev–Trinajstić information content (AvgIpc) is 3.41. The number of hydrogen-bond donors (Lipinski definition) is 0. The molecule has 31 heavy (non-hydrogen) atoms. The first-order valence-corrected chi connectivity index (χ1v) is 10.3. The summed E-state index contributed by atoms with van der Waals surface area (Å²) in [5.41, 5.74) is 1.65. The molecule has 0 bridgehead atoms. The molecule has 1 unspecified atom stereocenters. The normalized spacial score (nSPS) is 16.1. The number of aromatic nitrogens is 4. The van der Waals surface area contributed by atoms with Gasteiger partial charge in [0, 0.05) is 30.1 Å². The molecule has 1 aliphatic heterocycles. The summed E-state index contributed by atoms with van der Waals surface area (Å²) in [5.74, 6) is 1.44. The summed E-state index contributed by atoms with van der Waals surface area (Å²) in [4.78, 5) is 6.37. The maximum Gasteiger partial charge on any atom is 0.232 e. The molecule has 1 aromatic carbocycles. The molecule has 2 aromatic heterocycles. The molecule has 3 aromatic rings. The van der Waals surface area contributed by atoms with Gasteiger partial charge in [0.05, 0.1) is 25.6 Å². The van der Waals surface area contributed by atoms with Crippen LogP contribution >= 0.6 is 11.6 Å². The Labute approximate surface area is 183 Å². The molecule has 1 aliphatic rings. The largest absolute Gasteiger partial charge is 0.481 e. The molecule has 0 aliphatic carbocycles. The molecular weight excluding hydrogens is 428 g/mol. The predicted octanol–water partition coefficient (Wildman–Crippen LogP) is 3.94. The lowest BCUT2D eigenvalue weighted by Gasteiger charge is -2.20. The van der Waals surface area contributed by atoms with Crippen molar-refractivity contribution in [2.24, 2.45) is 0 Å². The number of alkyl halides is 1. The van der Waals surface area contributed by atoms with Gasteiger partial charge in [-0.25, -0.2) is 13.8 Å². The molecule has 0 amide bonds. The van der Waals surface area contributed by atoms with Gasteiger partial charge in [-0.1, -0.05) is 17.7 Å². The second-order valence-corrected chi connectivity index (χ2v) is 7.56. The number of halogens is 3. The van der Waals surface area contributed by atoms with Crippen LogP contribution in [0.15, 0.2) is 36.5 Å². The highest BCUT2D eigenvalue weighted by atomic mass is 35.5. The Morgan fingerprint density at radius 1 is 1.23 bits per heavy atom. The molecule has 7 nitrogen and oxygen atoms in total. The van der Waals surface area contributed by atoms with Gasteiger partial charge in [-0.05, 0) is 30.2 Å². The van der Waals surface area contributed by atoms with Crippen molar-refractivity contribution in [3.63, 3.8) is 0 Å². The van der Waals surface area contributed by atoms with E-state index >= 15 is 0 Å². The maximum absolute atomic E-state index is 13.4. The van der Waals surface area contributed by atoms with Crippen molar-refractivity contribution in [2.75, 3.05) is 38.4 Å². The van der Waals surface area contributed by atoms with Crippen LogP contribution in [0.2, 0.25) is 5.02 Å². The van der Waals surface area contributed by atoms with E-state index in [4.69, 9.17) is 21.1 Å². The zero-order valence-corrected chi connectivity index (χ0v) is 17.7. The number of benzene rings is 1. The third kappa shape index (κ3) is 4.62. The van der Waals surface area contributed by atoms with E-state index < -0.39 is 6.67 Å². The fourth-order valence-electron chi connectivity index (χ4n) is 3.74. The second kappa shape index (κ2) is 9.57. The summed E-state index contributed by atoms with van der Waals surface area (Å²) in [6.45, 7) is 0.906. The quantitative estimate of drug-likeness (QED) is 0.485. The van der Waals surface area contributed by atoms with Crippen molar-refractivity contribution in [1.82, 2.24) is 19.7 Å². The summed E-state index contributed by atoms with van der Waals surface area (Å²) in [6.07, 6.45) is 2.50. The highest BCUT2D eigenvalue weighted by molar-refractivity contribution is 6.31. The van der Waals surface area contributed by atoms with E-state index in [-0.39, 0.29) is 24.9 Å². The molecule has 164 valence electrons. The molecule has 0 N–H and O–H groups in total. The van der Waals surface area contributed by atoms with E-state index in [9.17, 15) is 8.78 Å². The third-order valence-corrected chi connectivity index (χ3v) is 5.55. The van der Waals surface area contributed by atoms with Crippen LogP contribution in [-0.2, 0) is 11.3 Å². The number of methoxy groups -OCH3 is 1. The number of pyridine rings is 1. The van der Waals surface area contributed by atoms with Gasteiger partial charge in [-0.2, -0.15) is 0 Å². The molecule has 0 spiro atoms. The van der Waals surface area contributed by atoms with Gasteiger partial charge in [0.1, 0.15) is 19.1 Å². The summed E-state index contributed by atoms with van der Waals surface area (Å²) in [5, 5.41) is 9.07. The van der Waals surface area contributed by atoms with E-state index in [0.717, 1.165) is 24.2 Å². The van der Waals surface area contributed by atoms with Gasteiger partial charge in [-0.3, -0.25) is 4.57 Å². The van der Waals surface area contributed by atoms with Crippen molar-refractivity contribution in [3.05, 3.63) is 58.8 Å². The summed E-state index contributed by atoms with van der Waals surface area (Å²) in [6, 6.07) is 8.10. The second-order valence-electron chi connectivity index (χ2n) is 7.15. The Morgan fingerprint density at radius 3 is 2.81 bits per heavy atom. The van der Waals surface area contributed by atoms with Crippen molar-refractivity contribution >= 4 is 17.5 Å². The van der Waals surface area contributed by atoms with E-state index in [1.807, 2.05) is 10.6 Å². The van der Waals surface area contributed by atoms with E-state index in [1.165, 1.54) is 12.1 Å². The highest BCUT2D eigenvalue weighted by Crippen LogP contribution is 2.35. The van der Waals surface area contributed by atoms with E-state index in [2.05, 4.69) is 20.1 Å². The van der Waals surface area contributed by atoms with Gasteiger partial charge in [0.2, 0.25) is 11.8 Å². The smallest absolute Gasteiger partial charge is 0.232 e. The van der Waals surface area contributed by atoms with E-state index in [1.54, 1.807) is 25.4 Å². The Kier molecular flexibility index (Phi) is 6.62. The predicted molar refractivity (Wildman–Crippen MR) is 112 cm³/mol. The van der Waals surface area contributed by atoms with Crippen molar-refractivity contribution in [2.45, 2.75) is 18.9 Å². The number of hydrogen-bond acceptors (Lipinski definition) is 6. The van der Waals surface area contributed by atoms with Crippen LogP contribution in [0.4, 0.5) is 14.7 Å². The molecule has 4 rings (SSSR count). The van der Waals surface area contributed by atoms with Crippen LogP contribution < -0.4 is 9.64 Å². The summed E-state index contributed by atoms with van der Waals surface area (Å²) >= 11 is 6.28. The molecule has 3 heterocycles. The molecule has 1 saturated heterocycles. The Balaban J connectivity index is 1.62. The van der Waals surface area contributed by atoms with Gasteiger partial charge in [-0.15, -0.1) is 10.2 Å². The lowest BCUT2D eigenvalue weighted by molar-refractivity contribution is 0.101. The average molecular weight is 450 g/mol. The number of ether oxygens (including phenoxy) is 2. The van der Waals surface area contributed by atoms with Crippen LogP contribution in [0, 0.1) is 5.82 Å². The standard InChI is InChI=1S/C21H22ClF2N5O2/c1-30-20-5-3-16(11-25-20)29-19(13-31-9-7-23)26-27-21(29)28-8-6-14(12-28)17-4-2-15(24)10-18(17)22/h2-5,10-11,14H,6-9,12-13H2,1H3. The SMILES string of the molecule is COc1ccc(-n2c(COCCF)nnc2N2CCC(c3ccc(F)cc3Cl)C2)cn1. The Hall–Kier alpha value is -2.78. The zero-order valence-electron chi connectivity index (χ0n) is 17.0. The van der Waals surface area contributed by atoms with Crippen LogP contribution in [0.5, 0.6) is 5.88 Å². The van der Waals surface area contributed by atoms with Crippen molar-refractivity contribution in [1.29, 1.82) is 0 Å². The summed E-state index contributed by atoms with van der Waals surface area (Å²) in [7, 11) is 1.55. The first-order chi connectivity index (χ1) is 15.1. The van der Waals surface area contributed by atoms with Crippen molar-refractivity contribution < 1.29 is 18.3 Å². The van der Waals surface area contributed by atoms with Crippen LogP contribution in [0.1, 0.15) is 23.7 Å². The maximum atomic E-state index is 13.4. The molecule has 10 heteroatoms. The first-order valence-electron chi connectivity index (χ1n) is 9.89. The van der Waals surface area contributed by atoms with Gasteiger partial charge in [0.25, 0.3) is 0 Å². The minimum atomic E-state index is -0.572. The molecular formula is C21H22ClF2N5O2. The fourth-order valence-corrected chi connectivity index (χ4v) is 4.06. The number of anilines is 1.